The summed E-state index contributed by atoms with van der Waals surface area (Å²) in [6.45, 7) is 2.06. The fraction of sp³-hybridized carbons (Fsp3) is 0.143. The van der Waals surface area contributed by atoms with Gasteiger partial charge in [-0.05, 0) is 60.9 Å². The Morgan fingerprint density at radius 1 is 1.00 bits per heavy atom. The summed E-state index contributed by atoms with van der Waals surface area (Å²) in [4.78, 5) is 21.1. The second-order valence-electron chi connectivity index (χ2n) is 9.75. The van der Waals surface area contributed by atoms with E-state index in [1.165, 1.54) is 16.4 Å². The molecule has 0 saturated carbocycles. The molecule has 1 unspecified atom stereocenters. The third kappa shape index (κ3) is 5.34. The molecule has 12 nitrogen and oxygen atoms in total. The highest BCUT2D eigenvalue weighted by Crippen LogP contribution is 2.34. The van der Waals surface area contributed by atoms with Crippen molar-refractivity contribution in [2.75, 3.05) is 32.5 Å². The molecule has 13 heteroatoms. The molecule has 0 bridgehead atoms. The molecule has 1 aliphatic rings. The molecular formula is C28H27N9O3S. The maximum atomic E-state index is 14.0. The number of rotatable bonds is 6. The van der Waals surface area contributed by atoms with Gasteiger partial charge in [0.15, 0.2) is 5.65 Å². The molecule has 1 atom stereocenters. The number of nitrogens with one attached hydrogen (secondary N) is 4. The van der Waals surface area contributed by atoms with Gasteiger partial charge >= 0.3 is 6.03 Å². The summed E-state index contributed by atoms with van der Waals surface area (Å²) in [5.41, 5.74) is 9.80. The third-order valence-corrected chi connectivity index (χ3v) is 8.51. The number of urea groups is 1. The number of nitrogens with two attached hydrogens (primary N) is 1. The van der Waals surface area contributed by atoms with E-state index in [4.69, 9.17) is 5.73 Å². The number of nitrogens with zero attached hydrogens (tertiary/aromatic N) is 4. The SMILES string of the molecule is Cc1cccc(NC(=O)Nc2cccc(S(=O)(=O)N3CC(Nc4nc(N)nc5[nH]ncc45)Cc4ccccc43)c2)c1. The maximum absolute atomic E-state index is 14.0. The topological polar surface area (TPSA) is 171 Å². The van der Waals surface area contributed by atoms with Crippen molar-refractivity contribution in [2.45, 2.75) is 24.3 Å². The highest BCUT2D eigenvalue weighted by molar-refractivity contribution is 7.92. The van der Waals surface area contributed by atoms with Gasteiger partial charge in [-0.25, -0.2) is 13.2 Å². The Balaban J connectivity index is 1.27. The number of amides is 2. The van der Waals surface area contributed by atoms with Crippen LogP contribution in [0.4, 0.5) is 33.6 Å². The molecule has 5 aromatic rings. The zero-order valence-electron chi connectivity index (χ0n) is 22.0. The molecule has 208 valence electrons. The molecule has 0 saturated heterocycles. The predicted octanol–water partition coefficient (Wildman–Crippen LogP) is 4.12. The average Bonchev–Trinajstić information content (AvgIpc) is 3.41. The first kappa shape index (κ1) is 26.1. The Bertz CT molecular complexity index is 1870. The Morgan fingerprint density at radius 3 is 2.56 bits per heavy atom. The van der Waals surface area contributed by atoms with Crippen molar-refractivity contribution in [3.8, 4) is 0 Å². The minimum atomic E-state index is -4.02. The van der Waals surface area contributed by atoms with E-state index in [2.05, 4.69) is 36.1 Å². The number of sulfonamides is 1. The number of carbonyl (C=O) groups is 1. The Labute approximate surface area is 236 Å². The molecule has 3 aromatic carbocycles. The summed E-state index contributed by atoms with van der Waals surface area (Å²) in [5, 5.41) is 16.3. The molecule has 41 heavy (non-hydrogen) atoms. The number of carbonyl (C=O) groups excluding carboxylic acids is 1. The molecule has 2 aromatic heterocycles. The van der Waals surface area contributed by atoms with E-state index >= 15 is 0 Å². The monoisotopic (exact) mass is 569 g/mol. The summed E-state index contributed by atoms with van der Waals surface area (Å²) in [5.74, 6) is 0.537. The largest absolute Gasteiger partial charge is 0.368 e. The zero-order valence-corrected chi connectivity index (χ0v) is 22.8. The Hall–Kier alpha value is -5.17. The van der Waals surface area contributed by atoms with E-state index in [0.717, 1.165) is 11.1 Å². The molecule has 1 aliphatic heterocycles. The number of nitrogen functional groups attached to an aromatic ring is 1. The van der Waals surface area contributed by atoms with Crippen molar-refractivity contribution in [1.82, 2.24) is 20.2 Å². The number of aromatic nitrogens is 4. The van der Waals surface area contributed by atoms with E-state index in [1.807, 2.05) is 43.3 Å². The van der Waals surface area contributed by atoms with Gasteiger partial charge in [-0.15, -0.1) is 0 Å². The smallest absolute Gasteiger partial charge is 0.323 e. The van der Waals surface area contributed by atoms with Crippen LogP contribution in [-0.2, 0) is 16.4 Å². The quantitative estimate of drug-likeness (QED) is 0.203. The summed E-state index contributed by atoms with van der Waals surface area (Å²) in [6, 6.07) is 20.2. The summed E-state index contributed by atoms with van der Waals surface area (Å²) < 4.78 is 29.5. The number of aryl methyl sites for hydroxylation is 1. The van der Waals surface area contributed by atoms with Gasteiger partial charge in [0.2, 0.25) is 5.95 Å². The van der Waals surface area contributed by atoms with Gasteiger partial charge in [-0.1, -0.05) is 36.4 Å². The number of fused-ring (bicyclic) bond motifs is 2. The highest BCUT2D eigenvalue weighted by atomic mass is 32.2. The van der Waals surface area contributed by atoms with Crippen molar-refractivity contribution in [1.29, 1.82) is 0 Å². The van der Waals surface area contributed by atoms with E-state index < -0.39 is 16.1 Å². The van der Waals surface area contributed by atoms with Gasteiger partial charge in [0.25, 0.3) is 10.0 Å². The molecule has 6 N–H and O–H groups in total. The standard InChI is InChI=1S/C28H27N9O3S/c1-17-6-4-8-19(12-17)32-28(38)33-20-9-5-10-22(14-20)41(39,40)37-16-21(13-18-7-2-3-11-24(18)37)31-25-23-15-30-36-26(23)35-27(29)34-25/h2-12,14-15,21H,13,16H2,1H3,(H2,32,33,38)(H4,29,30,31,34,35,36). The second-order valence-corrected chi connectivity index (χ2v) is 11.6. The lowest BCUT2D eigenvalue weighted by Crippen LogP contribution is -2.45. The van der Waals surface area contributed by atoms with Gasteiger partial charge < -0.3 is 21.7 Å². The van der Waals surface area contributed by atoms with Crippen LogP contribution in [0.1, 0.15) is 11.1 Å². The molecule has 3 heterocycles. The highest BCUT2D eigenvalue weighted by Gasteiger charge is 2.34. The normalized spacial score (nSPS) is 14.9. The lowest BCUT2D eigenvalue weighted by molar-refractivity contribution is 0.262. The van der Waals surface area contributed by atoms with Crippen LogP contribution in [0, 0.1) is 6.92 Å². The number of hydrogen-bond acceptors (Lipinski definition) is 8. The molecule has 0 fully saturated rings. The van der Waals surface area contributed by atoms with Gasteiger partial charge in [0.1, 0.15) is 5.82 Å². The van der Waals surface area contributed by atoms with Crippen LogP contribution in [0.5, 0.6) is 0 Å². The first-order valence-electron chi connectivity index (χ1n) is 12.8. The van der Waals surface area contributed by atoms with Crippen LogP contribution in [0.25, 0.3) is 11.0 Å². The lowest BCUT2D eigenvalue weighted by atomic mass is 9.99. The predicted molar refractivity (Wildman–Crippen MR) is 158 cm³/mol. The van der Waals surface area contributed by atoms with Crippen molar-refractivity contribution < 1.29 is 13.2 Å². The second kappa shape index (κ2) is 10.4. The minimum absolute atomic E-state index is 0.0461. The first-order chi connectivity index (χ1) is 19.8. The van der Waals surface area contributed by atoms with E-state index in [0.29, 0.717) is 40.3 Å². The molecular weight excluding hydrogens is 542 g/mol. The Morgan fingerprint density at radius 2 is 1.76 bits per heavy atom. The number of benzene rings is 3. The van der Waals surface area contributed by atoms with Gasteiger partial charge in [-0.3, -0.25) is 9.40 Å². The molecule has 0 radical (unpaired) electrons. The molecule has 0 spiro atoms. The third-order valence-electron chi connectivity index (χ3n) is 6.74. The van der Waals surface area contributed by atoms with Gasteiger partial charge in [0, 0.05) is 11.4 Å². The minimum Gasteiger partial charge on any atom is -0.368 e. The lowest BCUT2D eigenvalue weighted by Gasteiger charge is -2.36. The van der Waals surface area contributed by atoms with E-state index in [1.54, 1.807) is 30.5 Å². The fourth-order valence-corrected chi connectivity index (χ4v) is 6.51. The summed E-state index contributed by atoms with van der Waals surface area (Å²) in [6.07, 6.45) is 2.15. The number of para-hydroxylation sites is 1. The maximum Gasteiger partial charge on any atom is 0.323 e. The van der Waals surface area contributed by atoms with Crippen LogP contribution < -0.4 is 26.0 Å². The number of anilines is 5. The van der Waals surface area contributed by atoms with Crippen molar-refractivity contribution in [2.24, 2.45) is 0 Å². The molecule has 2 amide bonds. The molecule has 6 rings (SSSR count). The van der Waals surface area contributed by atoms with Gasteiger partial charge in [-0.2, -0.15) is 15.1 Å². The molecule has 0 aliphatic carbocycles. The van der Waals surface area contributed by atoms with Crippen LogP contribution in [0.15, 0.2) is 83.9 Å². The summed E-state index contributed by atoms with van der Waals surface area (Å²) >= 11 is 0. The zero-order chi connectivity index (χ0) is 28.6. The number of hydrogen-bond donors (Lipinski definition) is 5. The van der Waals surface area contributed by atoms with E-state index in [9.17, 15) is 13.2 Å². The van der Waals surface area contributed by atoms with Crippen LogP contribution in [0.2, 0.25) is 0 Å². The van der Waals surface area contributed by atoms with Gasteiger partial charge in [0.05, 0.1) is 34.8 Å². The van der Waals surface area contributed by atoms with Crippen molar-refractivity contribution in [3.63, 3.8) is 0 Å². The Kier molecular flexibility index (Phi) is 6.63. The average molecular weight is 570 g/mol. The van der Waals surface area contributed by atoms with E-state index in [-0.39, 0.29) is 23.4 Å². The number of aromatic amines is 1. The van der Waals surface area contributed by atoms with Crippen LogP contribution in [-0.4, -0.2) is 47.2 Å². The number of H-pyrrole nitrogens is 1. The van der Waals surface area contributed by atoms with Crippen LogP contribution >= 0.6 is 0 Å². The van der Waals surface area contributed by atoms with Crippen molar-refractivity contribution >= 4 is 55.9 Å². The van der Waals surface area contributed by atoms with Crippen molar-refractivity contribution in [3.05, 3.63) is 90.1 Å². The van der Waals surface area contributed by atoms with Crippen LogP contribution in [0.3, 0.4) is 0 Å². The fourth-order valence-electron chi connectivity index (χ4n) is 4.91. The first-order valence-corrected chi connectivity index (χ1v) is 14.3. The summed E-state index contributed by atoms with van der Waals surface area (Å²) in [7, 11) is -4.02.